The number of amides is 1. The maximum atomic E-state index is 11.6. The summed E-state index contributed by atoms with van der Waals surface area (Å²) in [6.45, 7) is 0. The Morgan fingerprint density at radius 2 is 2.17 bits per heavy atom. The van der Waals surface area contributed by atoms with E-state index in [0.29, 0.717) is 6.10 Å². The molecule has 0 saturated carbocycles. The van der Waals surface area contributed by atoms with Gasteiger partial charge in [0.15, 0.2) is 0 Å². The molecular weight excluding hydrogens is 154 g/mol. The molecule has 2 aliphatic rings. The molecule has 68 valence electrons. The summed E-state index contributed by atoms with van der Waals surface area (Å²) >= 11 is 0. The molecule has 3 unspecified atom stereocenters. The topological polar surface area (TPSA) is 29.5 Å². The van der Waals surface area contributed by atoms with E-state index >= 15 is 0 Å². The lowest BCUT2D eigenvalue weighted by Gasteiger charge is -2.21. The Morgan fingerprint density at radius 1 is 1.42 bits per heavy atom. The number of hydrogen-bond donors (Lipinski definition) is 0. The molecule has 2 heterocycles. The first kappa shape index (κ1) is 8.05. The fourth-order valence-corrected chi connectivity index (χ4v) is 2.23. The Morgan fingerprint density at radius 3 is 2.58 bits per heavy atom. The smallest absolute Gasteiger partial charge is 0.227 e. The molecule has 0 spiro atoms. The van der Waals surface area contributed by atoms with Crippen LogP contribution in [0.4, 0.5) is 0 Å². The van der Waals surface area contributed by atoms with E-state index in [0.717, 1.165) is 19.3 Å². The van der Waals surface area contributed by atoms with Crippen molar-refractivity contribution in [3.05, 3.63) is 0 Å². The van der Waals surface area contributed by atoms with E-state index < -0.39 is 0 Å². The van der Waals surface area contributed by atoms with Crippen molar-refractivity contribution < 1.29 is 9.53 Å². The van der Waals surface area contributed by atoms with Gasteiger partial charge in [-0.25, -0.2) is 0 Å². The van der Waals surface area contributed by atoms with E-state index in [9.17, 15) is 4.79 Å². The van der Waals surface area contributed by atoms with Gasteiger partial charge in [0.2, 0.25) is 5.91 Å². The summed E-state index contributed by atoms with van der Waals surface area (Å²) in [7, 11) is 3.63. The highest BCUT2D eigenvalue weighted by Gasteiger charge is 2.44. The summed E-state index contributed by atoms with van der Waals surface area (Å²) in [6.07, 6.45) is 3.78. The number of fused-ring (bicyclic) bond motifs is 2. The van der Waals surface area contributed by atoms with Crippen molar-refractivity contribution in [1.29, 1.82) is 0 Å². The van der Waals surface area contributed by atoms with Crippen LogP contribution in [0.5, 0.6) is 0 Å². The maximum absolute atomic E-state index is 11.6. The lowest BCUT2D eigenvalue weighted by molar-refractivity contribution is -0.134. The monoisotopic (exact) mass is 169 g/mol. The molecule has 0 aromatic rings. The van der Waals surface area contributed by atoms with Crippen LogP contribution in [0.15, 0.2) is 0 Å². The van der Waals surface area contributed by atoms with Gasteiger partial charge in [-0.1, -0.05) is 0 Å². The van der Waals surface area contributed by atoms with Crippen molar-refractivity contribution in [2.75, 3.05) is 14.1 Å². The minimum atomic E-state index is 0.152. The number of nitrogens with zero attached hydrogens (tertiary/aromatic N) is 1. The molecule has 2 bridgehead atoms. The molecule has 2 aliphatic heterocycles. The Bertz CT molecular complexity index is 203. The minimum absolute atomic E-state index is 0.152. The van der Waals surface area contributed by atoms with Crippen LogP contribution < -0.4 is 0 Å². The van der Waals surface area contributed by atoms with Gasteiger partial charge >= 0.3 is 0 Å². The second-order valence-corrected chi connectivity index (χ2v) is 3.95. The van der Waals surface area contributed by atoms with Crippen LogP contribution in [0.2, 0.25) is 0 Å². The van der Waals surface area contributed by atoms with Crippen LogP contribution in [-0.4, -0.2) is 37.1 Å². The molecule has 0 aliphatic carbocycles. The second kappa shape index (κ2) is 2.73. The molecule has 0 N–H and O–H groups in total. The van der Waals surface area contributed by atoms with E-state index in [-0.39, 0.29) is 17.9 Å². The molecule has 12 heavy (non-hydrogen) atoms. The third-order valence-corrected chi connectivity index (χ3v) is 2.86. The van der Waals surface area contributed by atoms with Gasteiger partial charge in [0.05, 0.1) is 18.1 Å². The summed E-state index contributed by atoms with van der Waals surface area (Å²) in [5, 5.41) is 0. The van der Waals surface area contributed by atoms with E-state index in [1.54, 1.807) is 4.90 Å². The van der Waals surface area contributed by atoms with Crippen molar-refractivity contribution in [2.45, 2.75) is 31.5 Å². The zero-order valence-electron chi connectivity index (χ0n) is 7.62. The predicted molar refractivity (Wildman–Crippen MR) is 44.7 cm³/mol. The van der Waals surface area contributed by atoms with E-state index in [2.05, 4.69) is 0 Å². The highest BCUT2D eigenvalue weighted by molar-refractivity contribution is 5.79. The standard InChI is InChI=1S/C9H15NO2/c1-10(2)9(11)7-5-6-3-4-8(7)12-6/h6-8H,3-5H2,1-2H3. The molecule has 2 fully saturated rings. The van der Waals surface area contributed by atoms with Gasteiger partial charge < -0.3 is 9.64 Å². The van der Waals surface area contributed by atoms with Gasteiger partial charge in [-0.15, -0.1) is 0 Å². The zero-order valence-corrected chi connectivity index (χ0v) is 7.62. The van der Waals surface area contributed by atoms with Crippen molar-refractivity contribution in [3.63, 3.8) is 0 Å². The molecule has 3 heteroatoms. The van der Waals surface area contributed by atoms with Gasteiger partial charge in [-0.2, -0.15) is 0 Å². The van der Waals surface area contributed by atoms with Crippen LogP contribution in [0.3, 0.4) is 0 Å². The first-order valence-corrected chi connectivity index (χ1v) is 4.55. The van der Waals surface area contributed by atoms with E-state index in [1.807, 2.05) is 14.1 Å². The fourth-order valence-electron chi connectivity index (χ4n) is 2.23. The molecule has 3 nitrogen and oxygen atoms in total. The number of carbonyl (C=O) groups excluding carboxylic acids is 1. The summed E-state index contributed by atoms with van der Waals surface area (Å²) in [5.74, 6) is 0.390. The average Bonchev–Trinajstić information content (AvgIpc) is 2.62. The van der Waals surface area contributed by atoms with Crippen LogP contribution in [-0.2, 0) is 9.53 Å². The molecule has 0 radical (unpaired) electrons. The van der Waals surface area contributed by atoms with Crippen molar-refractivity contribution in [2.24, 2.45) is 5.92 Å². The van der Waals surface area contributed by atoms with Crippen molar-refractivity contribution >= 4 is 5.91 Å². The summed E-state index contributed by atoms with van der Waals surface area (Å²) in [4.78, 5) is 13.3. The maximum Gasteiger partial charge on any atom is 0.227 e. The Hall–Kier alpha value is -0.570. The third kappa shape index (κ3) is 1.12. The Balaban J connectivity index is 2.02. The van der Waals surface area contributed by atoms with Crippen molar-refractivity contribution in [3.8, 4) is 0 Å². The summed E-state index contributed by atoms with van der Waals surface area (Å²) in [6, 6.07) is 0. The molecule has 3 atom stereocenters. The summed E-state index contributed by atoms with van der Waals surface area (Å²) < 4.78 is 5.61. The van der Waals surface area contributed by atoms with E-state index in [1.165, 1.54) is 0 Å². The van der Waals surface area contributed by atoms with Gasteiger partial charge in [0, 0.05) is 14.1 Å². The van der Waals surface area contributed by atoms with Gasteiger partial charge in [0.1, 0.15) is 0 Å². The Kier molecular flexibility index (Phi) is 1.83. The SMILES string of the molecule is CN(C)C(=O)C1CC2CCC1O2. The van der Waals surface area contributed by atoms with Gasteiger partial charge in [0.25, 0.3) is 0 Å². The lowest BCUT2D eigenvalue weighted by atomic mass is 9.88. The first-order chi connectivity index (χ1) is 5.68. The van der Waals surface area contributed by atoms with Crippen LogP contribution in [0.25, 0.3) is 0 Å². The van der Waals surface area contributed by atoms with Crippen LogP contribution in [0, 0.1) is 5.92 Å². The normalized spacial score (nSPS) is 38.7. The third-order valence-electron chi connectivity index (χ3n) is 2.86. The van der Waals surface area contributed by atoms with Gasteiger partial charge in [-0.05, 0) is 19.3 Å². The molecule has 0 aromatic heterocycles. The Labute approximate surface area is 72.7 Å². The number of hydrogen-bond acceptors (Lipinski definition) is 2. The lowest BCUT2D eigenvalue weighted by Crippen LogP contribution is -2.35. The van der Waals surface area contributed by atoms with E-state index in [4.69, 9.17) is 4.74 Å². The van der Waals surface area contributed by atoms with Gasteiger partial charge in [-0.3, -0.25) is 4.79 Å². The molecular formula is C9H15NO2. The number of ether oxygens (including phenoxy) is 1. The first-order valence-electron chi connectivity index (χ1n) is 4.55. The molecule has 1 amide bonds. The molecule has 0 aromatic carbocycles. The molecule has 2 rings (SSSR count). The quantitative estimate of drug-likeness (QED) is 0.576. The zero-order chi connectivity index (χ0) is 8.72. The van der Waals surface area contributed by atoms with Crippen LogP contribution >= 0.6 is 0 Å². The highest BCUT2D eigenvalue weighted by atomic mass is 16.5. The fraction of sp³-hybridized carbons (Fsp3) is 0.889. The highest BCUT2D eigenvalue weighted by Crippen LogP contribution is 2.39. The minimum Gasteiger partial charge on any atom is -0.374 e. The van der Waals surface area contributed by atoms with Crippen molar-refractivity contribution in [1.82, 2.24) is 4.90 Å². The number of carbonyl (C=O) groups is 1. The second-order valence-electron chi connectivity index (χ2n) is 3.95. The average molecular weight is 169 g/mol. The number of rotatable bonds is 1. The largest absolute Gasteiger partial charge is 0.374 e. The summed E-state index contributed by atoms with van der Waals surface area (Å²) in [5.41, 5.74) is 0. The predicted octanol–water partition coefficient (Wildman–Crippen LogP) is 0.642. The van der Waals surface area contributed by atoms with Crippen LogP contribution in [0.1, 0.15) is 19.3 Å². The molecule has 2 saturated heterocycles.